The molecule has 0 radical (unpaired) electrons. The molecule has 2 aromatic heterocycles. The first-order valence-electron chi connectivity index (χ1n) is 13.6. The van der Waals surface area contributed by atoms with Crippen molar-refractivity contribution in [3.8, 4) is 17.0 Å². The maximum Gasteiger partial charge on any atom is 0.247 e. The van der Waals surface area contributed by atoms with E-state index in [-0.39, 0.29) is 5.91 Å². The summed E-state index contributed by atoms with van der Waals surface area (Å²) >= 11 is 1.66. The second-order valence-corrected chi connectivity index (χ2v) is 11.5. The lowest BCUT2D eigenvalue weighted by molar-refractivity contribution is -0.111. The predicted octanol–water partition coefficient (Wildman–Crippen LogP) is 4.62. The average molecular weight is 573 g/mol. The first kappa shape index (κ1) is 28.5. The first-order valence-corrected chi connectivity index (χ1v) is 14.4. The Morgan fingerprint density at radius 2 is 1.93 bits per heavy atom. The van der Waals surface area contributed by atoms with Gasteiger partial charge >= 0.3 is 0 Å². The van der Waals surface area contributed by atoms with E-state index in [4.69, 9.17) is 4.74 Å². The third-order valence-electron chi connectivity index (χ3n) is 7.06. The van der Waals surface area contributed by atoms with Crippen LogP contribution in [-0.2, 0) is 4.79 Å². The maximum atomic E-state index is 12.4. The Morgan fingerprint density at radius 1 is 1.12 bits per heavy atom. The normalized spacial score (nSPS) is 13.9. The molecule has 1 saturated heterocycles. The van der Waals surface area contributed by atoms with Crippen molar-refractivity contribution in [1.29, 1.82) is 0 Å². The molecule has 0 atom stereocenters. The number of aromatic nitrogens is 3. The lowest BCUT2D eigenvalue weighted by Gasteiger charge is -2.37. The fourth-order valence-corrected chi connectivity index (χ4v) is 5.72. The van der Waals surface area contributed by atoms with Gasteiger partial charge in [-0.3, -0.25) is 9.69 Å². The number of piperazine rings is 1. The summed E-state index contributed by atoms with van der Waals surface area (Å²) in [7, 11) is 5.83. The number of amides is 1. The number of carbonyl (C=O) groups is 1. The number of fused-ring (bicyclic) bond motifs is 1. The summed E-state index contributed by atoms with van der Waals surface area (Å²) in [6, 6.07) is 11.9. The molecule has 0 aliphatic carbocycles. The largest absolute Gasteiger partial charge is 0.494 e. The van der Waals surface area contributed by atoms with Crippen LogP contribution in [0.4, 0.5) is 22.9 Å². The van der Waals surface area contributed by atoms with E-state index in [0.717, 1.165) is 71.4 Å². The van der Waals surface area contributed by atoms with Crippen LogP contribution < -0.4 is 20.3 Å². The smallest absolute Gasteiger partial charge is 0.247 e. The molecule has 214 valence electrons. The van der Waals surface area contributed by atoms with Crippen molar-refractivity contribution in [2.45, 2.75) is 6.92 Å². The van der Waals surface area contributed by atoms with E-state index in [9.17, 15) is 4.79 Å². The van der Waals surface area contributed by atoms with Crippen molar-refractivity contribution in [2.24, 2.45) is 0 Å². The van der Waals surface area contributed by atoms with Gasteiger partial charge in [0.25, 0.3) is 0 Å². The van der Waals surface area contributed by atoms with Crippen molar-refractivity contribution >= 4 is 50.3 Å². The molecule has 0 bridgehead atoms. The van der Waals surface area contributed by atoms with Gasteiger partial charge in [0.15, 0.2) is 0 Å². The lowest BCUT2D eigenvalue weighted by Crippen LogP contribution is -2.48. The van der Waals surface area contributed by atoms with E-state index in [1.165, 1.54) is 12.4 Å². The van der Waals surface area contributed by atoms with Crippen molar-refractivity contribution < 1.29 is 9.53 Å². The monoisotopic (exact) mass is 572 g/mol. The standard InChI is InChI=1S/C30H36N8O2S/c1-6-30(39)35-24-16-25(27(40-5)18-26(24)38-13-11-37(12-14-38)10-9-36(3)4)34-29-17-23(31-19-32-29)21-7-8-22-28(15-21)41-20(2)33-22/h6-8,15-19H,1,9-14H2,2-5H3,(H,35,39)(H,31,32,34). The van der Waals surface area contributed by atoms with Gasteiger partial charge in [-0.15, -0.1) is 11.3 Å². The summed E-state index contributed by atoms with van der Waals surface area (Å²) in [5, 5.41) is 7.40. The van der Waals surface area contributed by atoms with E-state index in [0.29, 0.717) is 22.9 Å². The van der Waals surface area contributed by atoms with Crippen molar-refractivity contribution in [3.05, 3.63) is 60.4 Å². The Kier molecular flexibility index (Phi) is 8.77. The molecule has 1 fully saturated rings. The Morgan fingerprint density at radius 3 is 2.66 bits per heavy atom. The minimum Gasteiger partial charge on any atom is -0.494 e. The van der Waals surface area contributed by atoms with Gasteiger partial charge in [0.2, 0.25) is 5.91 Å². The fourth-order valence-electron chi connectivity index (χ4n) is 4.86. The van der Waals surface area contributed by atoms with Gasteiger partial charge in [0.05, 0.1) is 45.1 Å². The van der Waals surface area contributed by atoms with Crippen LogP contribution >= 0.6 is 11.3 Å². The van der Waals surface area contributed by atoms with Crippen LogP contribution in [0, 0.1) is 6.92 Å². The van der Waals surface area contributed by atoms with Crippen molar-refractivity contribution in [3.63, 3.8) is 0 Å². The molecule has 10 nitrogen and oxygen atoms in total. The predicted molar refractivity (Wildman–Crippen MR) is 168 cm³/mol. The minimum atomic E-state index is -0.273. The number of methoxy groups -OCH3 is 1. The Hall–Kier alpha value is -4.06. The summed E-state index contributed by atoms with van der Waals surface area (Å²) in [5.74, 6) is 0.982. The lowest BCUT2D eigenvalue weighted by atomic mass is 10.1. The second kappa shape index (κ2) is 12.6. The van der Waals surface area contributed by atoms with E-state index in [1.54, 1.807) is 18.4 Å². The Balaban J connectivity index is 1.41. The highest BCUT2D eigenvalue weighted by Gasteiger charge is 2.22. The molecule has 1 amide bonds. The highest BCUT2D eigenvalue weighted by atomic mass is 32.1. The summed E-state index contributed by atoms with van der Waals surface area (Å²) in [6.45, 7) is 11.3. The number of nitrogens with zero attached hydrogens (tertiary/aromatic N) is 6. The molecule has 0 unspecified atom stereocenters. The van der Waals surface area contributed by atoms with E-state index in [1.807, 2.05) is 37.3 Å². The number of rotatable bonds is 10. The summed E-state index contributed by atoms with van der Waals surface area (Å²) in [5.41, 5.74) is 5.03. The minimum absolute atomic E-state index is 0.273. The number of hydrogen-bond donors (Lipinski definition) is 2. The molecule has 5 rings (SSSR count). The summed E-state index contributed by atoms with van der Waals surface area (Å²) in [4.78, 5) is 32.9. The van der Waals surface area contributed by atoms with E-state index >= 15 is 0 Å². The number of likely N-dealkylation sites (N-methyl/N-ethyl adjacent to an activating group) is 1. The third-order valence-corrected chi connectivity index (χ3v) is 7.99. The number of aryl methyl sites for hydroxylation is 1. The highest BCUT2D eigenvalue weighted by Crippen LogP contribution is 2.39. The van der Waals surface area contributed by atoms with Crippen LogP contribution in [0.2, 0.25) is 0 Å². The second-order valence-electron chi connectivity index (χ2n) is 10.2. The van der Waals surface area contributed by atoms with Crippen molar-refractivity contribution in [1.82, 2.24) is 24.8 Å². The van der Waals surface area contributed by atoms with Gasteiger partial charge in [-0.2, -0.15) is 0 Å². The van der Waals surface area contributed by atoms with Gasteiger partial charge in [-0.25, -0.2) is 15.0 Å². The quantitative estimate of drug-likeness (QED) is 0.264. The zero-order valence-electron chi connectivity index (χ0n) is 24.0. The van der Waals surface area contributed by atoms with Crippen LogP contribution in [-0.4, -0.2) is 91.1 Å². The Labute approximate surface area is 244 Å². The first-order chi connectivity index (χ1) is 19.8. The van der Waals surface area contributed by atoms with Crippen molar-refractivity contribution in [2.75, 3.05) is 76.0 Å². The topological polar surface area (TPSA) is 98.7 Å². The van der Waals surface area contributed by atoms with Gasteiger partial charge in [0, 0.05) is 57.0 Å². The van der Waals surface area contributed by atoms with Crippen LogP contribution in [0.15, 0.2) is 55.4 Å². The zero-order valence-corrected chi connectivity index (χ0v) is 24.8. The number of benzene rings is 2. The molecule has 2 N–H and O–H groups in total. The molecular formula is C30H36N8O2S. The fraction of sp³-hybridized carbons (Fsp3) is 0.333. The van der Waals surface area contributed by atoms with Crippen LogP contribution in [0.5, 0.6) is 5.75 Å². The summed E-state index contributed by atoms with van der Waals surface area (Å²) in [6.07, 6.45) is 2.81. The maximum absolute atomic E-state index is 12.4. The van der Waals surface area contributed by atoms with Gasteiger partial charge in [-0.1, -0.05) is 12.6 Å². The molecule has 1 aliphatic heterocycles. The number of ether oxygens (including phenoxy) is 1. The Bertz CT molecular complexity index is 1550. The average Bonchev–Trinajstić information content (AvgIpc) is 3.36. The molecule has 4 aromatic rings. The number of carbonyl (C=O) groups excluding carboxylic acids is 1. The van der Waals surface area contributed by atoms with Crippen LogP contribution in [0.25, 0.3) is 21.5 Å². The molecule has 11 heteroatoms. The molecule has 0 spiro atoms. The number of anilines is 4. The van der Waals surface area contributed by atoms with Gasteiger partial charge in [0.1, 0.15) is 17.9 Å². The highest BCUT2D eigenvalue weighted by molar-refractivity contribution is 7.18. The molecular weight excluding hydrogens is 536 g/mol. The SMILES string of the molecule is C=CC(=O)Nc1cc(Nc2cc(-c3ccc4nc(C)sc4c3)ncn2)c(OC)cc1N1CCN(CCN(C)C)CC1. The van der Waals surface area contributed by atoms with E-state index in [2.05, 4.69) is 67.0 Å². The van der Waals surface area contributed by atoms with E-state index < -0.39 is 0 Å². The number of nitrogens with one attached hydrogen (secondary N) is 2. The van der Waals surface area contributed by atoms with Gasteiger partial charge in [-0.05, 0) is 45.3 Å². The zero-order chi connectivity index (χ0) is 28.9. The van der Waals surface area contributed by atoms with Crippen LogP contribution in [0.1, 0.15) is 5.01 Å². The van der Waals surface area contributed by atoms with Gasteiger partial charge < -0.3 is 25.2 Å². The number of thiazole rings is 1. The molecule has 41 heavy (non-hydrogen) atoms. The molecule has 3 heterocycles. The molecule has 1 aliphatic rings. The molecule has 0 saturated carbocycles. The van der Waals surface area contributed by atoms with Crippen LogP contribution in [0.3, 0.4) is 0 Å². The number of hydrogen-bond acceptors (Lipinski definition) is 10. The third kappa shape index (κ3) is 6.82. The summed E-state index contributed by atoms with van der Waals surface area (Å²) < 4.78 is 6.92. The molecule has 2 aromatic carbocycles.